The molecule has 1 aromatic rings. The molecule has 0 spiro atoms. The fourth-order valence-corrected chi connectivity index (χ4v) is 2.26. The maximum Gasteiger partial charge on any atom is 0.459 e. The zero-order chi connectivity index (χ0) is 21.7. The summed E-state index contributed by atoms with van der Waals surface area (Å²) in [4.78, 5) is 0. The van der Waals surface area contributed by atoms with Gasteiger partial charge in [-0.25, -0.2) is 0 Å². The Hall–Kier alpha value is -1.89. The minimum absolute atomic E-state index is 0.364. The van der Waals surface area contributed by atoms with Gasteiger partial charge in [0.05, 0.1) is 0 Å². The number of hydrogen-bond acceptors (Lipinski definition) is 1. The van der Waals surface area contributed by atoms with Gasteiger partial charge in [-0.2, -0.15) is 57.1 Å². The summed E-state index contributed by atoms with van der Waals surface area (Å²) in [5.74, 6) is -15.3. The van der Waals surface area contributed by atoms with E-state index in [2.05, 4.69) is 0 Å². The molecule has 0 radical (unpaired) electrons. The van der Waals surface area contributed by atoms with Crippen LogP contribution in [-0.2, 0) is 6.42 Å². The van der Waals surface area contributed by atoms with Crippen molar-refractivity contribution in [3.05, 3.63) is 29.8 Å². The molecule has 0 aliphatic heterocycles. The summed E-state index contributed by atoms with van der Waals surface area (Å²) in [7, 11) is 0. The summed E-state index contributed by atoms with van der Waals surface area (Å²) in [6.45, 7) is 0. The van der Waals surface area contributed by atoms with E-state index in [-0.39, 0.29) is 0 Å². The van der Waals surface area contributed by atoms with Crippen LogP contribution >= 0.6 is 0 Å². The van der Waals surface area contributed by atoms with Crippen molar-refractivity contribution >= 4 is 5.69 Å². The topological polar surface area (TPSA) is 26.0 Å². The molecular weight excluding hydrogens is 417 g/mol. The summed E-state index contributed by atoms with van der Waals surface area (Å²) in [6.07, 6.45) is -24.9. The van der Waals surface area contributed by atoms with Crippen molar-refractivity contribution in [2.75, 3.05) is 5.73 Å². The third-order valence-electron chi connectivity index (χ3n) is 3.76. The summed E-state index contributed by atoms with van der Waals surface area (Å²) in [5, 5.41) is 0. The number of alkyl halides is 13. The molecule has 0 aromatic heterocycles. The van der Waals surface area contributed by atoms with E-state index in [9.17, 15) is 57.1 Å². The van der Waals surface area contributed by atoms with Gasteiger partial charge in [0, 0.05) is 12.1 Å². The molecule has 0 bridgehead atoms. The Labute approximate surface area is 141 Å². The van der Waals surface area contributed by atoms with Crippen LogP contribution in [0.4, 0.5) is 62.8 Å². The molecule has 1 aromatic carbocycles. The number of anilines is 1. The van der Waals surface area contributed by atoms with E-state index in [0.29, 0.717) is 12.1 Å². The van der Waals surface area contributed by atoms with Crippen LogP contribution in [0.15, 0.2) is 24.3 Å². The monoisotopic (exact) mass is 425 g/mol. The quantitative estimate of drug-likeness (QED) is 0.482. The molecule has 0 unspecified atom stereocenters. The first-order valence-corrected chi connectivity index (χ1v) is 6.53. The number of hydrogen-bond donors (Lipinski definition) is 1. The summed E-state index contributed by atoms with van der Waals surface area (Å²) in [5.41, 5.74) is -4.00. The predicted molar refractivity (Wildman–Crippen MR) is 65.1 cm³/mol. The average Bonchev–Trinajstić information content (AvgIpc) is 2.41. The van der Waals surface area contributed by atoms with Gasteiger partial charge in [0.1, 0.15) is 0 Å². The normalized spacial score (nSPS) is 15.1. The van der Waals surface area contributed by atoms with Gasteiger partial charge in [0.15, 0.2) is 0 Å². The van der Waals surface area contributed by atoms with Crippen molar-refractivity contribution in [3.63, 3.8) is 0 Å². The molecule has 27 heavy (non-hydrogen) atoms. The first-order valence-electron chi connectivity index (χ1n) is 6.53. The Morgan fingerprint density at radius 2 is 1.00 bits per heavy atom. The van der Waals surface area contributed by atoms with Gasteiger partial charge in [0.25, 0.3) is 0 Å². The molecule has 0 heterocycles. The Morgan fingerprint density at radius 3 is 1.33 bits per heavy atom. The van der Waals surface area contributed by atoms with Crippen LogP contribution in [0.1, 0.15) is 5.56 Å². The van der Waals surface area contributed by atoms with Gasteiger partial charge in [-0.1, -0.05) is 18.2 Å². The molecule has 14 heteroatoms. The van der Waals surface area contributed by atoms with Crippen molar-refractivity contribution < 1.29 is 57.1 Å². The zero-order valence-corrected chi connectivity index (χ0v) is 12.5. The molecule has 0 amide bonds. The van der Waals surface area contributed by atoms with Crippen LogP contribution in [0.25, 0.3) is 0 Å². The van der Waals surface area contributed by atoms with Gasteiger partial charge in [-0.3, -0.25) is 0 Å². The highest BCUT2D eigenvalue weighted by Crippen LogP contribution is 2.66. The van der Waals surface area contributed by atoms with E-state index in [4.69, 9.17) is 5.73 Å². The lowest BCUT2D eigenvalue weighted by Crippen LogP contribution is -2.71. The number of halogens is 13. The molecule has 0 saturated carbocycles. The first kappa shape index (κ1) is 23.1. The second-order valence-corrected chi connectivity index (χ2v) is 5.42. The molecular formula is C13H8F13N. The summed E-state index contributed by atoms with van der Waals surface area (Å²) < 4.78 is 170. The van der Waals surface area contributed by atoms with Gasteiger partial charge in [0.2, 0.25) is 5.41 Å². The van der Waals surface area contributed by atoms with Crippen LogP contribution < -0.4 is 5.73 Å². The second-order valence-electron chi connectivity index (χ2n) is 5.42. The Balaban J connectivity index is 3.92. The molecule has 0 aliphatic rings. The minimum Gasteiger partial charge on any atom is -0.399 e. The maximum atomic E-state index is 13.9. The van der Waals surface area contributed by atoms with Gasteiger partial charge in [-0.15, -0.1) is 0 Å². The smallest absolute Gasteiger partial charge is 0.399 e. The SMILES string of the molecule is Nc1ccccc1CC(C(F)(F)F)(C(F)(F)F)C(F)(F)C(F)(F)C(F)(F)F. The maximum absolute atomic E-state index is 13.9. The van der Waals surface area contributed by atoms with Crippen molar-refractivity contribution in [2.45, 2.75) is 36.8 Å². The highest BCUT2D eigenvalue weighted by Gasteiger charge is 2.91. The largest absolute Gasteiger partial charge is 0.459 e. The molecule has 0 saturated heterocycles. The highest BCUT2D eigenvalue weighted by atomic mass is 19.4. The van der Waals surface area contributed by atoms with E-state index in [1.54, 1.807) is 0 Å². The lowest BCUT2D eigenvalue weighted by molar-refractivity contribution is -0.459. The molecule has 156 valence electrons. The van der Waals surface area contributed by atoms with Crippen LogP contribution in [0.2, 0.25) is 0 Å². The third-order valence-corrected chi connectivity index (χ3v) is 3.76. The minimum atomic E-state index is -7.66. The molecule has 1 rings (SSSR count). The van der Waals surface area contributed by atoms with Crippen LogP contribution in [0, 0.1) is 5.41 Å². The zero-order valence-electron chi connectivity index (χ0n) is 12.5. The summed E-state index contributed by atoms with van der Waals surface area (Å²) >= 11 is 0. The second kappa shape index (κ2) is 6.33. The van der Waals surface area contributed by atoms with Gasteiger partial charge in [-0.05, 0) is 11.6 Å². The lowest BCUT2D eigenvalue weighted by Gasteiger charge is -2.45. The van der Waals surface area contributed by atoms with E-state index in [0.717, 1.165) is 12.1 Å². The van der Waals surface area contributed by atoms with E-state index in [1.165, 1.54) is 0 Å². The van der Waals surface area contributed by atoms with E-state index < -0.39 is 53.5 Å². The average molecular weight is 425 g/mol. The Kier molecular flexibility index (Phi) is 5.43. The van der Waals surface area contributed by atoms with Gasteiger partial charge >= 0.3 is 30.4 Å². The predicted octanol–water partition coefficient (Wildman–Crippen LogP) is 5.76. The highest BCUT2D eigenvalue weighted by molar-refractivity contribution is 5.47. The molecule has 0 atom stereocenters. The van der Waals surface area contributed by atoms with Crippen molar-refractivity contribution in [1.82, 2.24) is 0 Å². The number of nitrogen functional groups attached to an aromatic ring is 1. The number of benzene rings is 1. The van der Waals surface area contributed by atoms with Crippen LogP contribution in [0.3, 0.4) is 0 Å². The molecule has 0 fully saturated rings. The fraction of sp³-hybridized carbons (Fsp3) is 0.538. The first-order chi connectivity index (χ1) is 11.7. The van der Waals surface area contributed by atoms with Crippen molar-refractivity contribution in [3.8, 4) is 0 Å². The lowest BCUT2D eigenvalue weighted by atomic mass is 9.71. The number of nitrogens with two attached hydrogens (primary N) is 1. The summed E-state index contributed by atoms with van der Waals surface area (Å²) in [6, 6.07) is 2.73. The van der Waals surface area contributed by atoms with Crippen molar-refractivity contribution in [2.24, 2.45) is 5.41 Å². The number of para-hydroxylation sites is 1. The Morgan fingerprint density at radius 1 is 0.593 bits per heavy atom. The van der Waals surface area contributed by atoms with E-state index in [1.807, 2.05) is 0 Å². The van der Waals surface area contributed by atoms with Gasteiger partial charge < -0.3 is 5.73 Å². The van der Waals surface area contributed by atoms with E-state index >= 15 is 0 Å². The fourth-order valence-electron chi connectivity index (χ4n) is 2.26. The van der Waals surface area contributed by atoms with Crippen LogP contribution in [-0.4, -0.2) is 30.4 Å². The third kappa shape index (κ3) is 3.37. The molecule has 2 N–H and O–H groups in total. The number of rotatable bonds is 4. The Bertz CT molecular complexity index is 654. The standard InChI is InChI=1S/C13H8F13N/c14-9(15,10(16,17)13(24,25)26)8(11(18,19)20,12(21,22)23)5-6-3-1-2-4-7(6)27/h1-4H,5,27H2. The molecule has 1 nitrogen and oxygen atoms in total. The van der Waals surface area contributed by atoms with Crippen LogP contribution in [0.5, 0.6) is 0 Å². The molecule has 0 aliphatic carbocycles. The van der Waals surface area contributed by atoms with Crippen molar-refractivity contribution in [1.29, 1.82) is 0 Å².